The van der Waals surface area contributed by atoms with Gasteiger partial charge < -0.3 is 11.9 Å². The number of fused-ring (bicyclic) bond motifs is 1. The number of halogens is 2. The van der Waals surface area contributed by atoms with Crippen molar-refractivity contribution in [2.45, 2.75) is 0 Å². The van der Waals surface area contributed by atoms with Crippen molar-refractivity contribution in [1.82, 2.24) is 6.15 Å². The molecule has 0 aliphatic heterocycles. The van der Waals surface area contributed by atoms with Gasteiger partial charge in [-0.15, -0.1) is 24.8 Å². The van der Waals surface area contributed by atoms with Gasteiger partial charge in [0.1, 0.15) is 0 Å². The molecule has 88 valence electrons. The Bertz CT molecular complexity index is 464. The summed E-state index contributed by atoms with van der Waals surface area (Å²) in [5.74, 6) is 0. The first kappa shape index (κ1) is 17.2. The Balaban J connectivity index is 0. The van der Waals surface area contributed by atoms with Crippen LogP contribution in [0.3, 0.4) is 0 Å². The average molecular weight is 259 g/mol. The Labute approximate surface area is 108 Å². The highest BCUT2D eigenvalue weighted by Crippen LogP contribution is 2.21. The predicted molar refractivity (Wildman–Crippen MR) is 76.7 cm³/mol. The molecule has 0 fully saturated rings. The summed E-state index contributed by atoms with van der Waals surface area (Å²) in [5, 5.41) is 2.36. The van der Waals surface area contributed by atoms with Crippen LogP contribution in [0.25, 0.3) is 16.5 Å². The molecule has 0 radical (unpaired) electrons. The maximum atomic E-state index is 5.69. The van der Waals surface area contributed by atoms with Crippen molar-refractivity contribution in [3.8, 4) is 0 Å². The Morgan fingerprint density at radius 3 is 2.12 bits per heavy atom. The number of nitrogens with two attached hydrogens (primary N) is 1. The second kappa shape index (κ2) is 7.12. The predicted octanol–water partition coefficient (Wildman–Crippen LogP) is 3.77. The van der Waals surface area contributed by atoms with Gasteiger partial charge in [0.2, 0.25) is 0 Å². The molecule has 16 heavy (non-hydrogen) atoms. The monoisotopic (exact) mass is 258 g/mol. The van der Waals surface area contributed by atoms with Crippen LogP contribution in [0, 0.1) is 0 Å². The maximum Gasteiger partial charge on any atom is 0.0320 e. The van der Waals surface area contributed by atoms with E-state index < -0.39 is 0 Å². The van der Waals surface area contributed by atoms with Gasteiger partial charge in [0, 0.05) is 11.3 Å². The summed E-state index contributed by atoms with van der Waals surface area (Å²) in [4.78, 5) is 0. The van der Waals surface area contributed by atoms with E-state index in [4.69, 9.17) is 5.73 Å². The Morgan fingerprint density at radius 2 is 1.50 bits per heavy atom. The van der Waals surface area contributed by atoms with Crippen molar-refractivity contribution < 1.29 is 0 Å². The normalized spacial score (nSPS) is 8.25. The molecule has 4 heteroatoms. The van der Waals surface area contributed by atoms with Crippen molar-refractivity contribution in [1.29, 1.82) is 0 Å². The van der Waals surface area contributed by atoms with Crippen molar-refractivity contribution in [3.05, 3.63) is 54.6 Å². The van der Waals surface area contributed by atoms with Crippen LogP contribution >= 0.6 is 24.8 Å². The summed E-state index contributed by atoms with van der Waals surface area (Å²) in [5.41, 5.74) is 7.33. The Hall–Kier alpha value is -1.22. The summed E-state index contributed by atoms with van der Waals surface area (Å²) in [6.45, 7) is 3.75. The Kier molecular flexibility index (Phi) is 7.65. The molecule has 0 amide bonds. The lowest BCUT2D eigenvalue weighted by Gasteiger charge is -2.04. The molecule has 2 aromatic rings. The molecule has 5 N–H and O–H groups in total. The van der Waals surface area contributed by atoms with E-state index in [0.29, 0.717) is 5.70 Å². The van der Waals surface area contributed by atoms with E-state index in [-0.39, 0.29) is 31.0 Å². The van der Waals surface area contributed by atoms with Gasteiger partial charge in [-0.1, -0.05) is 49.0 Å². The zero-order valence-corrected chi connectivity index (χ0v) is 10.5. The van der Waals surface area contributed by atoms with Gasteiger partial charge in [-0.2, -0.15) is 0 Å². The second-order valence-electron chi connectivity index (χ2n) is 3.05. The lowest BCUT2D eigenvalue weighted by Crippen LogP contribution is -1.94. The van der Waals surface area contributed by atoms with Crippen molar-refractivity contribution in [2.24, 2.45) is 5.73 Å². The van der Waals surface area contributed by atoms with E-state index in [0.717, 1.165) is 10.9 Å². The van der Waals surface area contributed by atoms with Crippen LogP contribution < -0.4 is 11.9 Å². The fourth-order valence-corrected chi connectivity index (χ4v) is 1.51. The first-order chi connectivity index (χ1) is 6.29. The van der Waals surface area contributed by atoms with E-state index in [9.17, 15) is 0 Å². The number of hydrogen-bond donors (Lipinski definition) is 2. The molecular formula is C12H16Cl2N2. The van der Waals surface area contributed by atoms with Crippen LogP contribution in [-0.2, 0) is 0 Å². The molecule has 0 aliphatic carbocycles. The molecule has 0 bridgehead atoms. The van der Waals surface area contributed by atoms with E-state index in [1.54, 1.807) is 0 Å². The van der Waals surface area contributed by atoms with E-state index >= 15 is 0 Å². The highest BCUT2D eigenvalue weighted by Gasteiger charge is 1.99. The van der Waals surface area contributed by atoms with Crippen molar-refractivity contribution in [2.75, 3.05) is 0 Å². The smallest absolute Gasteiger partial charge is 0.0320 e. The third-order valence-electron chi connectivity index (χ3n) is 2.14. The molecule has 2 nitrogen and oxygen atoms in total. The van der Waals surface area contributed by atoms with E-state index in [1.165, 1.54) is 5.39 Å². The second-order valence-corrected chi connectivity index (χ2v) is 3.05. The van der Waals surface area contributed by atoms with Gasteiger partial charge in [0.25, 0.3) is 0 Å². The lowest BCUT2D eigenvalue weighted by atomic mass is 10.0. The SMILES string of the molecule is C=C(N)c1cccc2ccccc12.Cl.Cl.N. The van der Waals surface area contributed by atoms with E-state index in [2.05, 4.69) is 24.8 Å². The third-order valence-corrected chi connectivity index (χ3v) is 2.14. The molecule has 0 aliphatic rings. The summed E-state index contributed by atoms with van der Waals surface area (Å²) in [7, 11) is 0. The molecule has 2 aromatic carbocycles. The summed E-state index contributed by atoms with van der Waals surface area (Å²) in [6, 6.07) is 14.2. The van der Waals surface area contributed by atoms with Crippen molar-refractivity contribution >= 4 is 41.3 Å². The van der Waals surface area contributed by atoms with Gasteiger partial charge in [-0.3, -0.25) is 0 Å². The van der Waals surface area contributed by atoms with E-state index in [1.807, 2.05) is 24.3 Å². The first-order valence-electron chi connectivity index (χ1n) is 4.21. The van der Waals surface area contributed by atoms with Gasteiger partial charge in [-0.25, -0.2) is 0 Å². The molecule has 0 saturated carbocycles. The molecule has 0 aromatic heterocycles. The standard InChI is InChI=1S/C12H11N.2ClH.H3N/c1-9(13)11-8-4-6-10-5-2-3-7-12(10)11;;;/h2-8H,1,13H2;2*1H;1H3. The average Bonchev–Trinajstić information content (AvgIpc) is 2.17. The maximum absolute atomic E-state index is 5.69. The van der Waals surface area contributed by atoms with Crippen LogP contribution in [0.1, 0.15) is 5.56 Å². The lowest BCUT2D eigenvalue weighted by molar-refractivity contribution is 1.57. The zero-order valence-electron chi connectivity index (χ0n) is 8.85. The number of hydrogen-bond acceptors (Lipinski definition) is 2. The highest BCUT2D eigenvalue weighted by atomic mass is 35.5. The number of rotatable bonds is 1. The quantitative estimate of drug-likeness (QED) is 0.818. The van der Waals surface area contributed by atoms with Crippen molar-refractivity contribution in [3.63, 3.8) is 0 Å². The van der Waals surface area contributed by atoms with Gasteiger partial charge >= 0.3 is 0 Å². The fraction of sp³-hybridized carbons (Fsp3) is 0. The minimum atomic E-state index is 0. The summed E-state index contributed by atoms with van der Waals surface area (Å²) in [6.07, 6.45) is 0. The van der Waals surface area contributed by atoms with Crippen LogP contribution in [0.5, 0.6) is 0 Å². The van der Waals surface area contributed by atoms with Crippen LogP contribution in [-0.4, -0.2) is 0 Å². The summed E-state index contributed by atoms with van der Waals surface area (Å²) < 4.78 is 0. The van der Waals surface area contributed by atoms with Gasteiger partial charge in [0.05, 0.1) is 0 Å². The highest BCUT2D eigenvalue weighted by molar-refractivity contribution is 5.92. The molecule has 0 spiro atoms. The zero-order chi connectivity index (χ0) is 9.26. The molecule has 2 rings (SSSR count). The van der Waals surface area contributed by atoms with Crippen LogP contribution in [0.15, 0.2) is 49.0 Å². The summed E-state index contributed by atoms with van der Waals surface area (Å²) >= 11 is 0. The van der Waals surface area contributed by atoms with Gasteiger partial charge in [0.15, 0.2) is 0 Å². The Morgan fingerprint density at radius 1 is 0.938 bits per heavy atom. The minimum absolute atomic E-state index is 0. The van der Waals surface area contributed by atoms with Crippen LogP contribution in [0.2, 0.25) is 0 Å². The minimum Gasteiger partial charge on any atom is -0.399 e. The number of benzene rings is 2. The largest absolute Gasteiger partial charge is 0.399 e. The van der Waals surface area contributed by atoms with Gasteiger partial charge in [-0.05, 0) is 10.8 Å². The topological polar surface area (TPSA) is 61.0 Å². The van der Waals surface area contributed by atoms with Crippen LogP contribution in [0.4, 0.5) is 0 Å². The third kappa shape index (κ3) is 3.14. The molecule has 0 atom stereocenters. The molecule has 0 unspecified atom stereocenters. The first-order valence-corrected chi connectivity index (χ1v) is 4.21. The fourth-order valence-electron chi connectivity index (χ4n) is 1.51. The molecular weight excluding hydrogens is 243 g/mol. The molecule has 0 heterocycles. The molecule has 0 saturated heterocycles.